The number of carbonyl (C=O) groups excluding carboxylic acids is 2. The maximum absolute atomic E-state index is 12.6. The molecule has 8 nitrogen and oxygen atoms in total. The monoisotopic (exact) mass is 394 g/mol. The third-order valence-electron chi connectivity index (χ3n) is 5.80. The molecule has 0 aliphatic carbocycles. The topological polar surface area (TPSA) is 91.3 Å². The van der Waals surface area contributed by atoms with E-state index < -0.39 is 0 Å². The van der Waals surface area contributed by atoms with E-state index in [1.54, 1.807) is 19.2 Å². The second kappa shape index (κ2) is 8.14. The first-order valence-electron chi connectivity index (χ1n) is 10.1. The Labute approximate surface area is 170 Å². The van der Waals surface area contributed by atoms with E-state index >= 15 is 0 Å². The van der Waals surface area contributed by atoms with Crippen LogP contribution in [0.5, 0.6) is 0 Å². The van der Waals surface area contributed by atoms with Crippen LogP contribution in [0.3, 0.4) is 0 Å². The molecule has 152 valence electrons. The minimum Gasteiger partial charge on any atom is -0.373 e. The Morgan fingerprint density at radius 1 is 1.10 bits per heavy atom. The first kappa shape index (κ1) is 19.3. The van der Waals surface area contributed by atoms with Crippen LogP contribution in [0.2, 0.25) is 0 Å². The van der Waals surface area contributed by atoms with Crippen LogP contribution in [0.1, 0.15) is 53.3 Å². The molecule has 2 aromatic heterocycles. The maximum atomic E-state index is 12.6. The molecular formula is C21H26N6O2. The first-order chi connectivity index (χ1) is 14.1. The van der Waals surface area contributed by atoms with Crippen LogP contribution in [-0.2, 0) is 17.8 Å². The zero-order chi connectivity index (χ0) is 20.4. The number of hydrogen-bond donors (Lipinski definition) is 1. The number of anilines is 1. The van der Waals surface area contributed by atoms with Gasteiger partial charge >= 0.3 is 0 Å². The molecule has 2 aromatic rings. The zero-order valence-electron chi connectivity index (χ0n) is 16.9. The maximum Gasteiger partial charge on any atom is 0.272 e. The lowest BCUT2D eigenvalue weighted by atomic mass is 9.94. The summed E-state index contributed by atoms with van der Waals surface area (Å²) in [5.41, 5.74) is 2.53. The highest BCUT2D eigenvalue weighted by Gasteiger charge is 2.29. The molecule has 1 saturated heterocycles. The molecular weight excluding hydrogens is 368 g/mol. The van der Waals surface area contributed by atoms with Crippen molar-refractivity contribution in [2.24, 2.45) is 0 Å². The predicted octanol–water partition coefficient (Wildman–Crippen LogP) is 1.84. The van der Waals surface area contributed by atoms with Gasteiger partial charge in [0.1, 0.15) is 17.3 Å². The highest BCUT2D eigenvalue weighted by molar-refractivity contribution is 5.92. The van der Waals surface area contributed by atoms with Crippen molar-refractivity contribution in [1.82, 2.24) is 24.8 Å². The van der Waals surface area contributed by atoms with Gasteiger partial charge in [-0.2, -0.15) is 0 Å². The highest BCUT2D eigenvalue weighted by Crippen LogP contribution is 2.30. The van der Waals surface area contributed by atoms with Gasteiger partial charge < -0.3 is 15.1 Å². The number of likely N-dealkylation sites (tertiary alicyclic amines) is 1. The smallest absolute Gasteiger partial charge is 0.272 e. The van der Waals surface area contributed by atoms with Crippen molar-refractivity contribution in [3.05, 3.63) is 47.2 Å². The number of nitrogens with zero attached hydrogens (tertiary/aromatic N) is 5. The number of piperidine rings is 1. The Morgan fingerprint density at radius 2 is 1.90 bits per heavy atom. The van der Waals surface area contributed by atoms with Crippen LogP contribution in [0, 0.1) is 0 Å². The summed E-state index contributed by atoms with van der Waals surface area (Å²) >= 11 is 0. The lowest BCUT2D eigenvalue weighted by Crippen LogP contribution is -2.39. The number of amides is 2. The van der Waals surface area contributed by atoms with Crippen LogP contribution in [-0.4, -0.2) is 63.2 Å². The fourth-order valence-electron chi connectivity index (χ4n) is 4.10. The number of hydrogen-bond acceptors (Lipinski definition) is 6. The van der Waals surface area contributed by atoms with Gasteiger partial charge in [-0.25, -0.2) is 9.97 Å². The normalized spacial score (nSPS) is 17.0. The summed E-state index contributed by atoms with van der Waals surface area (Å²) in [7, 11) is 1.87. The number of pyridine rings is 1. The van der Waals surface area contributed by atoms with E-state index in [-0.39, 0.29) is 17.7 Å². The van der Waals surface area contributed by atoms with E-state index in [2.05, 4.69) is 10.3 Å². The summed E-state index contributed by atoms with van der Waals surface area (Å²) < 4.78 is 0. The van der Waals surface area contributed by atoms with Gasteiger partial charge in [-0.05, 0) is 31.4 Å². The lowest BCUT2D eigenvalue weighted by molar-refractivity contribution is -0.129. The number of nitrogens with one attached hydrogen (secondary N) is 1. The van der Waals surface area contributed by atoms with Crippen molar-refractivity contribution in [3.8, 4) is 0 Å². The molecule has 0 radical (unpaired) electrons. The van der Waals surface area contributed by atoms with Gasteiger partial charge in [-0.3, -0.25) is 14.6 Å². The van der Waals surface area contributed by atoms with Gasteiger partial charge in [0, 0.05) is 51.3 Å². The second-order valence-corrected chi connectivity index (χ2v) is 7.58. The molecule has 0 unspecified atom stereocenters. The Kier molecular flexibility index (Phi) is 5.42. The van der Waals surface area contributed by atoms with Crippen molar-refractivity contribution < 1.29 is 9.59 Å². The van der Waals surface area contributed by atoms with E-state index in [4.69, 9.17) is 9.97 Å². The lowest BCUT2D eigenvalue weighted by Gasteiger charge is -2.33. The molecule has 8 heteroatoms. The molecule has 0 spiro atoms. The van der Waals surface area contributed by atoms with E-state index in [1.807, 2.05) is 29.0 Å². The van der Waals surface area contributed by atoms with Gasteiger partial charge in [0.25, 0.3) is 5.91 Å². The van der Waals surface area contributed by atoms with Gasteiger partial charge in [0.05, 0.1) is 12.2 Å². The molecule has 1 N–H and O–H groups in total. The molecule has 1 fully saturated rings. The molecule has 0 bridgehead atoms. The second-order valence-electron chi connectivity index (χ2n) is 7.58. The average molecular weight is 394 g/mol. The molecule has 29 heavy (non-hydrogen) atoms. The number of aromatic nitrogens is 3. The zero-order valence-corrected chi connectivity index (χ0v) is 16.9. The fraction of sp³-hybridized carbons (Fsp3) is 0.476. The molecule has 4 heterocycles. The Balaban J connectivity index is 1.49. The first-order valence-corrected chi connectivity index (χ1v) is 10.1. The van der Waals surface area contributed by atoms with Crippen LogP contribution < -0.4 is 5.32 Å². The molecule has 2 amide bonds. The fourth-order valence-corrected chi connectivity index (χ4v) is 4.10. The summed E-state index contributed by atoms with van der Waals surface area (Å²) in [5, 5.41) is 3.20. The molecule has 2 aliphatic heterocycles. The summed E-state index contributed by atoms with van der Waals surface area (Å²) in [5.74, 6) is 1.92. The molecule has 0 saturated carbocycles. The SMILES string of the molecule is CNc1nc(C2CCN(C(=O)c3ccccn3)CC2)nc2c1CCN(C(C)=O)C2. The minimum absolute atomic E-state index is 0.0246. The van der Waals surface area contributed by atoms with Crippen molar-refractivity contribution in [2.75, 3.05) is 32.0 Å². The molecule has 0 aromatic carbocycles. The van der Waals surface area contributed by atoms with Crippen LogP contribution in [0.4, 0.5) is 5.82 Å². The standard InChI is InChI=1S/C21H26N6O2/c1-14(28)27-12-8-16-18(13-27)24-19(25-20(16)22-2)15-6-10-26(11-7-15)21(29)17-5-3-4-9-23-17/h3-5,9,15H,6-8,10-13H2,1-2H3,(H,22,24,25). The summed E-state index contributed by atoms with van der Waals surface area (Å²) in [6.07, 6.45) is 4.04. The van der Waals surface area contributed by atoms with E-state index in [0.29, 0.717) is 31.9 Å². The third-order valence-corrected chi connectivity index (χ3v) is 5.80. The highest BCUT2D eigenvalue weighted by atomic mass is 16.2. The van der Waals surface area contributed by atoms with Gasteiger partial charge in [-0.15, -0.1) is 0 Å². The largest absolute Gasteiger partial charge is 0.373 e. The Hall–Kier alpha value is -3.03. The quantitative estimate of drug-likeness (QED) is 0.854. The van der Waals surface area contributed by atoms with Crippen molar-refractivity contribution >= 4 is 17.6 Å². The van der Waals surface area contributed by atoms with Crippen molar-refractivity contribution in [3.63, 3.8) is 0 Å². The predicted molar refractivity (Wildman–Crippen MR) is 108 cm³/mol. The van der Waals surface area contributed by atoms with Crippen molar-refractivity contribution in [1.29, 1.82) is 0 Å². The van der Waals surface area contributed by atoms with E-state index in [9.17, 15) is 9.59 Å². The summed E-state index contributed by atoms with van der Waals surface area (Å²) in [6, 6.07) is 5.39. The average Bonchev–Trinajstić information content (AvgIpc) is 2.78. The van der Waals surface area contributed by atoms with Crippen molar-refractivity contribution in [2.45, 2.75) is 38.6 Å². The number of carbonyl (C=O) groups is 2. The Bertz CT molecular complexity index is 909. The number of rotatable bonds is 3. The van der Waals surface area contributed by atoms with Crippen LogP contribution in [0.15, 0.2) is 24.4 Å². The summed E-state index contributed by atoms with van der Waals surface area (Å²) in [6.45, 7) is 4.16. The van der Waals surface area contributed by atoms with E-state index in [1.165, 1.54) is 0 Å². The van der Waals surface area contributed by atoms with Crippen LogP contribution in [0.25, 0.3) is 0 Å². The molecule has 4 rings (SSSR count). The minimum atomic E-state index is -0.0246. The molecule has 2 aliphatic rings. The van der Waals surface area contributed by atoms with E-state index in [0.717, 1.165) is 42.2 Å². The van der Waals surface area contributed by atoms with Gasteiger partial charge in [0.2, 0.25) is 5.91 Å². The van der Waals surface area contributed by atoms with Gasteiger partial charge in [-0.1, -0.05) is 6.07 Å². The Morgan fingerprint density at radius 3 is 2.55 bits per heavy atom. The van der Waals surface area contributed by atoms with Gasteiger partial charge in [0.15, 0.2) is 0 Å². The molecule has 0 atom stereocenters. The van der Waals surface area contributed by atoms with Crippen LogP contribution >= 0.6 is 0 Å². The number of fused-ring (bicyclic) bond motifs is 1. The summed E-state index contributed by atoms with van der Waals surface area (Å²) in [4.78, 5) is 41.9. The third kappa shape index (κ3) is 3.92.